The van der Waals surface area contributed by atoms with E-state index in [1.165, 1.54) is 21.2 Å². The second kappa shape index (κ2) is 20.4. The molecule has 0 aromatic heterocycles. The largest absolute Gasteiger partial charge is 0.349 e. The summed E-state index contributed by atoms with van der Waals surface area (Å²) in [6.07, 6.45) is 0.137. The van der Waals surface area contributed by atoms with Crippen LogP contribution in [0.15, 0.2) is 170 Å². The average molecular weight is 837 g/mol. The fourth-order valence-corrected chi connectivity index (χ4v) is 17.6. The van der Waals surface area contributed by atoms with Crippen molar-refractivity contribution in [2.24, 2.45) is 0 Å². The quantitative estimate of drug-likeness (QED) is 0.0714. The summed E-state index contributed by atoms with van der Waals surface area (Å²) in [6.45, 7) is 7.46. The Morgan fingerprint density at radius 3 is 0.825 bits per heavy atom. The predicted octanol–water partition coefficient (Wildman–Crippen LogP) is 10.2. The van der Waals surface area contributed by atoms with Gasteiger partial charge in [0.15, 0.2) is 4.90 Å². The molecule has 6 aromatic carbocycles. The third-order valence-corrected chi connectivity index (χ3v) is 21.1. The van der Waals surface area contributed by atoms with Gasteiger partial charge in [-0.05, 0) is 86.5 Å². The number of hydrogen-bond donors (Lipinski definition) is 0. The molecular formula is C47H52O6P4. The number of rotatable bonds is 20. The van der Waals surface area contributed by atoms with Gasteiger partial charge in [0.1, 0.15) is 0 Å². The van der Waals surface area contributed by atoms with Crippen LogP contribution < -0.4 is 31.8 Å². The summed E-state index contributed by atoms with van der Waals surface area (Å²) < 4.78 is 55.8. The van der Waals surface area contributed by atoms with E-state index < -0.39 is 35.9 Å². The summed E-state index contributed by atoms with van der Waals surface area (Å²) in [5.41, 5.74) is 1.64. The highest BCUT2D eigenvalue weighted by atomic mass is 31.2. The third kappa shape index (κ3) is 9.86. The first-order valence-corrected chi connectivity index (χ1v) is 25.3. The first kappa shape index (κ1) is 43.1. The Morgan fingerprint density at radius 2 is 0.596 bits per heavy atom. The van der Waals surface area contributed by atoms with E-state index in [1.807, 2.05) is 48.5 Å². The van der Waals surface area contributed by atoms with Gasteiger partial charge < -0.3 is 18.1 Å². The lowest BCUT2D eigenvalue weighted by Gasteiger charge is -2.42. The zero-order valence-corrected chi connectivity index (χ0v) is 36.7. The van der Waals surface area contributed by atoms with Gasteiger partial charge in [-0.2, -0.15) is 0 Å². The van der Waals surface area contributed by atoms with Gasteiger partial charge in [-0.3, -0.25) is 9.13 Å². The second-order valence-corrected chi connectivity index (χ2v) is 22.9. The molecule has 0 bridgehead atoms. The highest BCUT2D eigenvalue weighted by molar-refractivity contribution is 7.80. The van der Waals surface area contributed by atoms with Crippen LogP contribution in [-0.4, -0.2) is 31.3 Å². The standard InChI is InChI=1S/C47H52O6P4/c1-5-50-56(48,51-6-2)47(57(49,52-7-3)53-8-4,37-39-29-33-45(34-30-39)54(41-21-13-9-14-22-41)42-23-15-10-16-24-42)38-40-31-35-46(36-32-40)55(43-25-17-11-18-26-43)44-27-19-12-20-28-44/h9-36H,5-8,37-38H2,1-4H3. The lowest BCUT2D eigenvalue weighted by atomic mass is 10.0. The fourth-order valence-electron chi connectivity index (χ4n) is 7.22. The van der Waals surface area contributed by atoms with Gasteiger partial charge in [0.25, 0.3) is 0 Å². The van der Waals surface area contributed by atoms with Crippen LogP contribution in [0.5, 0.6) is 0 Å². The normalized spacial score (nSPS) is 12.3. The van der Waals surface area contributed by atoms with E-state index in [1.54, 1.807) is 27.7 Å². The lowest BCUT2D eigenvalue weighted by Crippen LogP contribution is -2.38. The molecule has 10 heteroatoms. The molecule has 0 amide bonds. The van der Waals surface area contributed by atoms with Crippen molar-refractivity contribution in [1.82, 2.24) is 0 Å². The maximum atomic E-state index is 15.6. The molecule has 0 fully saturated rings. The molecule has 0 heterocycles. The zero-order valence-electron chi connectivity index (χ0n) is 33.1. The molecule has 0 spiro atoms. The van der Waals surface area contributed by atoms with Crippen LogP contribution in [-0.2, 0) is 40.1 Å². The van der Waals surface area contributed by atoms with Crippen LogP contribution >= 0.6 is 31.0 Å². The molecular weight excluding hydrogens is 784 g/mol. The van der Waals surface area contributed by atoms with Crippen LogP contribution in [0.25, 0.3) is 0 Å². The molecule has 0 aliphatic heterocycles. The molecule has 6 nitrogen and oxygen atoms in total. The van der Waals surface area contributed by atoms with Crippen molar-refractivity contribution in [1.29, 1.82) is 0 Å². The Hall–Kier alpha value is -3.52. The molecule has 0 N–H and O–H groups in total. The van der Waals surface area contributed by atoms with Crippen molar-refractivity contribution in [2.45, 2.75) is 45.4 Å². The van der Waals surface area contributed by atoms with Crippen LogP contribution in [0.4, 0.5) is 0 Å². The van der Waals surface area contributed by atoms with Crippen LogP contribution in [0.2, 0.25) is 0 Å². The maximum Gasteiger partial charge on any atom is 0.349 e. The van der Waals surface area contributed by atoms with Gasteiger partial charge in [0, 0.05) is 12.8 Å². The molecule has 0 unspecified atom stereocenters. The molecule has 0 saturated carbocycles. The second-order valence-electron chi connectivity index (χ2n) is 13.3. The Kier molecular flexibility index (Phi) is 15.4. The SMILES string of the molecule is CCOP(=O)(OCC)C(Cc1ccc(P(c2ccccc2)c2ccccc2)cc1)(Cc1ccc(P(c2ccccc2)c2ccccc2)cc1)P(=O)(OCC)OCC. The fraction of sp³-hybridized carbons (Fsp3) is 0.234. The summed E-state index contributed by atoms with van der Waals surface area (Å²) >= 11 is 0. The summed E-state index contributed by atoms with van der Waals surface area (Å²) in [5.74, 6) is 0. The summed E-state index contributed by atoms with van der Waals surface area (Å²) in [5, 5.41) is 7.28. The maximum absolute atomic E-state index is 15.6. The summed E-state index contributed by atoms with van der Waals surface area (Å²) in [7, 11) is -10.2. The van der Waals surface area contributed by atoms with E-state index in [2.05, 4.69) is 121 Å². The highest BCUT2D eigenvalue weighted by Gasteiger charge is 2.65. The molecule has 0 atom stereocenters. The van der Waals surface area contributed by atoms with E-state index in [-0.39, 0.29) is 39.3 Å². The van der Waals surface area contributed by atoms with Gasteiger partial charge in [0.05, 0.1) is 26.4 Å². The Labute approximate surface area is 341 Å². The van der Waals surface area contributed by atoms with Gasteiger partial charge in [-0.15, -0.1) is 0 Å². The van der Waals surface area contributed by atoms with Crippen molar-refractivity contribution in [3.05, 3.63) is 181 Å². The van der Waals surface area contributed by atoms with Crippen LogP contribution in [0.1, 0.15) is 38.8 Å². The van der Waals surface area contributed by atoms with Crippen molar-refractivity contribution in [3.63, 3.8) is 0 Å². The first-order valence-electron chi connectivity index (χ1n) is 19.6. The van der Waals surface area contributed by atoms with Crippen LogP contribution in [0, 0.1) is 0 Å². The minimum Gasteiger partial charge on any atom is -0.308 e. The van der Waals surface area contributed by atoms with Crippen molar-refractivity contribution >= 4 is 62.9 Å². The predicted molar refractivity (Wildman–Crippen MR) is 242 cm³/mol. The molecule has 0 radical (unpaired) electrons. The van der Waals surface area contributed by atoms with Gasteiger partial charge >= 0.3 is 15.2 Å². The Morgan fingerprint density at radius 1 is 0.368 bits per heavy atom. The minimum absolute atomic E-state index is 0.0684. The number of hydrogen-bond acceptors (Lipinski definition) is 6. The van der Waals surface area contributed by atoms with E-state index in [9.17, 15) is 0 Å². The van der Waals surface area contributed by atoms with Gasteiger partial charge in [0.2, 0.25) is 0 Å². The van der Waals surface area contributed by atoms with E-state index in [0.717, 1.165) is 21.7 Å². The van der Waals surface area contributed by atoms with E-state index in [4.69, 9.17) is 18.1 Å². The highest BCUT2D eigenvalue weighted by Crippen LogP contribution is 2.79. The molecule has 0 saturated heterocycles. The van der Waals surface area contributed by atoms with E-state index in [0.29, 0.717) is 0 Å². The molecule has 6 aromatic rings. The summed E-state index contributed by atoms with van der Waals surface area (Å²) in [6, 6.07) is 58.9. The molecule has 296 valence electrons. The molecule has 0 aliphatic rings. The lowest BCUT2D eigenvalue weighted by molar-refractivity contribution is 0.175. The summed E-state index contributed by atoms with van der Waals surface area (Å²) in [4.78, 5) is -1.71. The van der Waals surface area contributed by atoms with Gasteiger partial charge in [-0.25, -0.2) is 0 Å². The topological polar surface area (TPSA) is 71.1 Å². The monoisotopic (exact) mass is 836 g/mol. The minimum atomic E-state index is -4.23. The molecule has 0 aliphatic carbocycles. The first-order chi connectivity index (χ1) is 27.8. The van der Waals surface area contributed by atoms with Gasteiger partial charge in [-0.1, -0.05) is 170 Å². The zero-order chi connectivity index (χ0) is 40.1. The Balaban J connectivity index is 1.47. The van der Waals surface area contributed by atoms with E-state index >= 15 is 9.13 Å². The van der Waals surface area contributed by atoms with Crippen molar-refractivity contribution in [3.8, 4) is 0 Å². The third-order valence-electron chi connectivity index (χ3n) is 9.64. The smallest absolute Gasteiger partial charge is 0.308 e. The number of benzene rings is 6. The Bertz CT molecular complexity index is 1940. The van der Waals surface area contributed by atoms with Crippen molar-refractivity contribution in [2.75, 3.05) is 26.4 Å². The van der Waals surface area contributed by atoms with Crippen LogP contribution in [0.3, 0.4) is 0 Å². The molecule has 57 heavy (non-hydrogen) atoms. The average Bonchev–Trinajstić information content (AvgIpc) is 3.24. The van der Waals surface area contributed by atoms with Crippen molar-refractivity contribution < 1.29 is 27.2 Å². The molecule has 6 rings (SSSR count).